The molecule has 0 radical (unpaired) electrons. The molecule has 0 heterocycles. The largest absolute Gasteiger partial charge is 0.497 e. The highest BCUT2D eigenvalue weighted by Crippen LogP contribution is 2.28. The van der Waals surface area contributed by atoms with Crippen LogP contribution in [0.4, 0.5) is 5.69 Å². The van der Waals surface area contributed by atoms with Gasteiger partial charge in [0.05, 0.1) is 31.7 Å². The quantitative estimate of drug-likeness (QED) is 0.183. The van der Waals surface area contributed by atoms with Gasteiger partial charge in [-0.05, 0) is 48.9 Å². The van der Waals surface area contributed by atoms with Crippen molar-refractivity contribution in [3.8, 4) is 17.2 Å². The molecule has 0 saturated carbocycles. The number of methoxy groups -OCH3 is 2. The molecule has 0 unspecified atom stereocenters. The molecular formula is C25H23N3O6. The number of anilines is 1. The molecule has 0 aliphatic rings. The fourth-order valence-electron chi connectivity index (χ4n) is 2.81. The zero-order valence-corrected chi connectivity index (χ0v) is 18.8. The summed E-state index contributed by atoms with van der Waals surface area (Å²) < 4.78 is 15.7. The number of carbonyl (C=O) groups is 3. The van der Waals surface area contributed by atoms with Crippen LogP contribution in [0.25, 0.3) is 0 Å². The molecule has 0 bridgehead atoms. The van der Waals surface area contributed by atoms with Crippen LogP contribution in [0.1, 0.15) is 21.5 Å². The van der Waals surface area contributed by atoms with E-state index >= 15 is 0 Å². The normalized spacial score (nSPS) is 10.4. The van der Waals surface area contributed by atoms with Gasteiger partial charge >= 0.3 is 17.8 Å². The van der Waals surface area contributed by atoms with Gasteiger partial charge in [-0.1, -0.05) is 29.8 Å². The van der Waals surface area contributed by atoms with Crippen LogP contribution in [-0.4, -0.2) is 38.2 Å². The number of ether oxygens (including phenoxy) is 3. The summed E-state index contributed by atoms with van der Waals surface area (Å²) in [5.41, 5.74) is 4.46. The molecule has 9 heteroatoms. The van der Waals surface area contributed by atoms with E-state index in [0.717, 1.165) is 5.56 Å². The van der Waals surface area contributed by atoms with Crippen molar-refractivity contribution in [3.05, 3.63) is 83.4 Å². The van der Waals surface area contributed by atoms with Gasteiger partial charge in [0.1, 0.15) is 17.2 Å². The average Bonchev–Trinajstić information content (AvgIpc) is 2.84. The van der Waals surface area contributed by atoms with Crippen molar-refractivity contribution in [2.75, 3.05) is 19.5 Å². The summed E-state index contributed by atoms with van der Waals surface area (Å²) in [6, 6.07) is 18.3. The monoisotopic (exact) mass is 461 g/mol. The maximum atomic E-state index is 12.3. The molecule has 3 aromatic rings. The number of hydrazone groups is 1. The van der Waals surface area contributed by atoms with E-state index in [9.17, 15) is 14.4 Å². The Hall–Kier alpha value is -4.66. The van der Waals surface area contributed by atoms with Gasteiger partial charge in [0, 0.05) is 6.07 Å². The van der Waals surface area contributed by atoms with Crippen LogP contribution in [0.15, 0.2) is 71.8 Å². The van der Waals surface area contributed by atoms with Crippen molar-refractivity contribution in [1.29, 1.82) is 0 Å². The SMILES string of the molecule is COc1ccc(NC(=O)C(=O)N/N=C/c2cccc(OC(=O)c3ccc(C)cc3)c2)c(OC)c1. The Labute approximate surface area is 196 Å². The fraction of sp³-hybridized carbons (Fsp3) is 0.120. The average molecular weight is 461 g/mol. The zero-order valence-electron chi connectivity index (χ0n) is 18.8. The minimum Gasteiger partial charge on any atom is -0.497 e. The van der Waals surface area contributed by atoms with E-state index in [1.54, 1.807) is 54.6 Å². The number of carbonyl (C=O) groups excluding carboxylic acids is 3. The van der Waals surface area contributed by atoms with Gasteiger partial charge in [0.2, 0.25) is 0 Å². The van der Waals surface area contributed by atoms with Gasteiger partial charge in [-0.3, -0.25) is 9.59 Å². The molecule has 0 spiro atoms. The summed E-state index contributed by atoms with van der Waals surface area (Å²) >= 11 is 0. The molecule has 2 amide bonds. The molecule has 34 heavy (non-hydrogen) atoms. The third-order valence-corrected chi connectivity index (χ3v) is 4.60. The van der Waals surface area contributed by atoms with Crippen LogP contribution >= 0.6 is 0 Å². The van der Waals surface area contributed by atoms with E-state index in [2.05, 4.69) is 15.8 Å². The van der Waals surface area contributed by atoms with Crippen LogP contribution < -0.4 is 25.0 Å². The predicted octanol–water partition coefficient (Wildman–Crippen LogP) is 3.32. The van der Waals surface area contributed by atoms with Crippen molar-refractivity contribution in [1.82, 2.24) is 5.43 Å². The van der Waals surface area contributed by atoms with Crippen LogP contribution in [0, 0.1) is 6.92 Å². The third-order valence-electron chi connectivity index (χ3n) is 4.60. The molecule has 0 aliphatic carbocycles. The molecule has 3 rings (SSSR count). The van der Waals surface area contributed by atoms with E-state index in [0.29, 0.717) is 34.1 Å². The van der Waals surface area contributed by atoms with E-state index in [1.807, 2.05) is 19.1 Å². The number of hydrogen-bond acceptors (Lipinski definition) is 7. The number of nitrogens with one attached hydrogen (secondary N) is 2. The Morgan fingerprint density at radius 2 is 1.62 bits per heavy atom. The Balaban J connectivity index is 1.57. The molecular weight excluding hydrogens is 438 g/mol. The minimum atomic E-state index is -0.976. The second-order valence-corrected chi connectivity index (χ2v) is 7.05. The fourth-order valence-corrected chi connectivity index (χ4v) is 2.81. The van der Waals surface area contributed by atoms with Gasteiger partial charge < -0.3 is 19.5 Å². The van der Waals surface area contributed by atoms with E-state index in [4.69, 9.17) is 14.2 Å². The summed E-state index contributed by atoms with van der Waals surface area (Å²) in [6.07, 6.45) is 1.32. The number of esters is 1. The van der Waals surface area contributed by atoms with Crippen molar-refractivity contribution >= 4 is 29.7 Å². The Morgan fingerprint density at radius 3 is 2.32 bits per heavy atom. The Bertz CT molecular complexity index is 1220. The van der Waals surface area contributed by atoms with Crippen LogP contribution in [0.2, 0.25) is 0 Å². The van der Waals surface area contributed by atoms with Crippen molar-refractivity contribution in [3.63, 3.8) is 0 Å². The lowest BCUT2D eigenvalue weighted by atomic mass is 10.1. The lowest BCUT2D eigenvalue weighted by molar-refractivity contribution is -0.136. The number of nitrogens with zero attached hydrogens (tertiary/aromatic N) is 1. The number of amides is 2. The highest BCUT2D eigenvalue weighted by molar-refractivity contribution is 6.39. The van der Waals surface area contributed by atoms with Crippen LogP contribution in [-0.2, 0) is 9.59 Å². The first kappa shape index (κ1) is 24.0. The Morgan fingerprint density at radius 1 is 0.853 bits per heavy atom. The topological polar surface area (TPSA) is 115 Å². The van der Waals surface area contributed by atoms with Crippen molar-refractivity contribution in [2.45, 2.75) is 6.92 Å². The van der Waals surface area contributed by atoms with Gasteiger partial charge in [-0.2, -0.15) is 5.10 Å². The van der Waals surface area contributed by atoms with Gasteiger partial charge in [-0.15, -0.1) is 0 Å². The number of aryl methyl sites for hydroxylation is 1. The van der Waals surface area contributed by atoms with Crippen molar-refractivity contribution < 1.29 is 28.6 Å². The summed E-state index contributed by atoms with van der Waals surface area (Å²) in [5, 5.41) is 6.23. The first-order valence-electron chi connectivity index (χ1n) is 10.1. The maximum Gasteiger partial charge on any atom is 0.343 e. The molecule has 0 atom stereocenters. The van der Waals surface area contributed by atoms with Crippen LogP contribution in [0.3, 0.4) is 0 Å². The van der Waals surface area contributed by atoms with Gasteiger partial charge in [0.15, 0.2) is 0 Å². The Kier molecular flexibility index (Phi) is 7.96. The predicted molar refractivity (Wildman–Crippen MR) is 126 cm³/mol. The molecule has 0 fully saturated rings. The maximum absolute atomic E-state index is 12.3. The molecule has 2 N–H and O–H groups in total. The number of benzene rings is 3. The smallest absolute Gasteiger partial charge is 0.343 e. The first-order valence-corrected chi connectivity index (χ1v) is 10.1. The first-order chi connectivity index (χ1) is 16.4. The summed E-state index contributed by atoms with van der Waals surface area (Å²) in [4.78, 5) is 36.5. The molecule has 3 aromatic carbocycles. The van der Waals surface area contributed by atoms with E-state index in [1.165, 1.54) is 20.4 Å². The second kappa shape index (κ2) is 11.3. The lowest BCUT2D eigenvalue weighted by Crippen LogP contribution is -2.32. The standard InChI is InChI=1S/C25H23N3O6/c1-16-7-9-18(10-8-16)25(31)34-20-6-4-5-17(13-20)15-26-28-24(30)23(29)27-21-12-11-19(32-2)14-22(21)33-3/h4-15H,1-3H3,(H,27,29)(H,28,30)/b26-15+. The van der Waals surface area contributed by atoms with Gasteiger partial charge in [-0.25, -0.2) is 10.2 Å². The lowest BCUT2D eigenvalue weighted by Gasteiger charge is -2.10. The number of rotatable bonds is 7. The number of hydrogen-bond donors (Lipinski definition) is 2. The van der Waals surface area contributed by atoms with E-state index in [-0.39, 0.29) is 0 Å². The molecule has 9 nitrogen and oxygen atoms in total. The second-order valence-electron chi connectivity index (χ2n) is 7.05. The van der Waals surface area contributed by atoms with E-state index < -0.39 is 17.8 Å². The summed E-state index contributed by atoms with van der Waals surface area (Å²) in [7, 11) is 2.93. The highest BCUT2D eigenvalue weighted by atomic mass is 16.5. The van der Waals surface area contributed by atoms with Crippen LogP contribution in [0.5, 0.6) is 17.2 Å². The highest BCUT2D eigenvalue weighted by Gasteiger charge is 2.16. The molecule has 0 saturated heterocycles. The summed E-state index contributed by atoms with van der Waals surface area (Å²) in [5.74, 6) is -1.22. The zero-order chi connectivity index (χ0) is 24.5. The molecule has 0 aliphatic heterocycles. The minimum absolute atomic E-state index is 0.301. The molecule has 174 valence electrons. The third kappa shape index (κ3) is 6.42. The molecule has 0 aromatic heterocycles. The summed E-state index contributed by atoms with van der Waals surface area (Å²) in [6.45, 7) is 1.93. The van der Waals surface area contributed by atoms with Gasteiger partial charge in [0.25, 0.3) is 0 Å². The van der Waals surface area contributed by atoms with Crippen molar-refractivity contribution in [2.24, 2.45) is 5.10 Å².